The molecular weight excluding hydrogens is 512 g/mol. The molecule has 3 rings (SSSR count). The lowest BCUT2D eigenvalue weighted by atomic mass is 9.98. The summed E-state index contributed by atoms with van der Waals surface area (Å²) in [7, 11) is -0.224. The molecule has 1 atom stereocenters. The van der Waals surface area contributed by atoms with Crippen LogP contribution in [0.15, 0.2) is 84.8 Å². The van der Waals surface area contributed by atoms with E-state index >= 15 is 0 Å². The molecule has 3 N–H and O–H groups in total. The van der Waals surface area contributed by atoms with E-state index in [0.29, 0.717) is 0 Å². The number of aryl methyl sites for hydroxylation is 2. The largest absolute Gasteiger partial charge is 0.505 e. The summed E-state index contributed by atoms with van der Waals surface area (Å²) in [5.41, 5.74) is 13.2. The van der Waals surface area contributed by atoms with Gasteiger partial charge < -0.3 is 15.7 Å². The van der Waals surface area contributed by atoms with Crippen LogP contribution in [0.2, 0.25) is 0 Å². The van der Waals surface area contributed by atoms with Gasteiger partial charge in [0.1, 0.15) is 5.75 Å². The summed E-state index contributed by atoms with van der Waals surface area (Å²) in [6, 6.07) is 17.4. The number of nitrogen functional groups attached to an aromatic ring is 1. The van der Waals surface area contributed by atoms with Crippen molar-refractivity contribution in [3.63, 3.8) is 0 Å². The average Bonchev–Trinajstić information content (AvgIpc) is 2.95. The molecule has 3 aromatic rings. The number of anilines is 3. The van der Waals surface area contributed by atoms with Gasteiger partial charge in [0, 0.05) is 35.1 Å². The van der Waals surface area contributed by atoms with Crippen molar-refractivity contribution in [3.8, 4) is 5.75 Å². The number of rotatable bonds is 8. The lowest BCUT2D eigenvalue weighted by Crippen LogP contribution is -2.10. The van der Waals surface area contributed by atoms with Gasteiger partial charge in [-0.05, 0) is 95.2 Å². The Hall–Kier alpha value is -3.70. The third-order valence-electron chi connectivity index (χ3n) is 5.91. The maximum atomic E-state index is 11.8. The highest BCUT2D eigenvalue weighted by Gasteiger charge is 2.15. The maximum Gasteiger partial charge on any atom is 0.147 e. The number of phenolic OH excluding ortho intramolecular Hbond substituents is 1. The third-order valence-corrected chi connectivity index (χ3v) is 7.16. The highest BCUT2D eigenvalue weighted by Crippen LogP contribution is 2.39. The van der Waals surface area contributed by atoms with E-state index in [0.717, 1.165) is 62.6 Å². The van der Waals surface area contributed by atoms with Gasteiger partial charge in [-0.15, -0.1) is 6.58 Å². The van der Waals surface area contributed by atoms with E-state index in [9.17, 15) is 9.32 Å². The first-order chi connectivity index (χ1) is 18.9. The van der Waals surface area contributed by atoms with E-state index in [-0.39, 0.29) is 5.75 Å². The molecular formula is C35H50N2O2S. The first-order valence-electron chi connectivity index (χ1n) is 13.7. The highest BCUT2D eigenvalue weighted by molar-refractivity contribution is 7.99. The Kier molecular flexibility index (Phi) is 16.2. The minimum atomic E-state index is -2.16. The fourth-order valence-corrected chi connectivity index (χ4v) is 4.52. The average molecular weight is 563 g/mol. The molecule has 0 aromatic heterocycles. The van der Waals surface area contributed by atoms with Gasteiger partial charge in [-0.2, -0.15) is 0 Å². The molecule has 218 valence electrons. The molecule has 40 heavy (non-hydrogen) atoms. The Morgan fingerprint density at radius 3 is 2.02 bits per heavy atom. The molecule has 0 saturated carbocycles. The molecule has 0 bridgehead atoms. The van der Waals surface area contributed by atoms with Crippen molar-refractivity contribution < 1.29 is 9.32 Å². The molecule has 0 spiro atoms. The summed E-state index contributed by atoms with van der Waals surface area (Å²) in [6.07, 6.45) is 6.79. The van der Waals surface area contributed by atoms with Crippen molar-refractivity contribution in [1.29, 1.82) is 0 Å². The summed E-state index contributed by atoms with van der Waals surface area (Å²) in [6.45, 7) is 23.4. The molecule has 5 heteroatoms. The second kappa shape index (κ2) is 17.8. The van der Waals surface area contributed by atoms with Crippen LogP contribution in [0.4, 0.5) is 17.1 Å². The van der Waals surface area contributed by atoms with E-state index in [1.807, 2.05) is 96.0 Å². The van der Waals surface area contributed by atoms with E-state index < -0.39 is 9.52 Å². The third kappa shape index (κ3) is 10.5. The lowest BCUT2D eigenvalue weighted by Gasteiger charge is -2.23. The monoisotopic (exact) mass is 562 g/mol. The minimum absolute atomic E-state index is 0.229. The van der Waals surface area contributed by atoms with Crippen LogP contribution in [-0.4, -0.2) is 28.5 Å². The molecule has 0 amide bonds. The Morgan fingerprint density at radius 1 is 1.00 bits per heavy atom. The van der Waals surface area contributed by atoms with Crippen LogP contribution in [0.5, 0.6) is 5.75 Å². The summed E-state index contributed by atoms with van der Waals surface area (Å²) in [5, 5.41) is 10.5. The number of nitrogens with zero attached hydrogens (tertiary/aromatic N) is 1. The van der Waals surface area contributed by atoms with Crippen molar-refractivity contribution in [1.82, 2.24) is 0 Å². The van der Waals surface area contributed by atoms with E-state index in [4.69, 9.17) is 5.73 Å². The number of hydrogen-bond acceptors (Lipinski definition) is 4. The van der Waals surface area contributed by atoms with E-state index in [1.54, 1.807) is 30.5 Å². The molecule has 1 unspecified atom stereocenters. The number of phenols is 1. The van der Waals surface area contributed by atoms with Gasteiger partial charge in [0.2, 0.25) is 0 Å². The Balaban J connectivity index is 0.000000690. The highest BCUT2D eigenvalue weighted by atomic mass is 32.2. The molecule has 4 nitrogen and oxygen atoms in total. The predicted octanol–water partition coefficient (Wildman–Crippen LogP) is 9.29. The molecule has 3 aromatic carbocycles. The quantitative estimate of drug-likeness (QED) is 0.163. The molecule has 0 aliphatic heterocycles. The zero-order chi connectivity index (χ0) is 31.0. The van der Waals surface area contributed by atoms with Crippen molar-refractivity contribution in [2.45, 2.75) is 59.3 Å². The second-order valence-corrected chi connectivity index (χ2v) is 11.5. The number of para-hydroxylation sites is 1. The normalized spacial score (nSPS) is 11.1. The van der Waals surface area contributed by atoms with Gasteiger partial charge in [0.25, 0.3) is 0 Å². The van der Waals surface area contributed by atoms with Crippen LogP contribution in [0.1, 0.15) is 63.3 Å². The number of benzene rings is 3. The number of nitrogens with two attached hydrogens (primary N) is 1. The SMILES string of the molecule is C=C(C)CCc1cc(S(=C)(C)=O)ccc1N.C=Cc1c(C)cc(N(C)c2ccccc2)c(O)c1C=C.CC.CC. The molecule has 0 aliphatic rings. The second-order valence-electron chi connectivity index (χ2n) is 9.01. The van der Waals surface area contributed by atoms with Crippen molar-refractivity contribution >= 4 is 44.6 Å². The van der Waals surface area contributed by atoms with E-state index in [2.05, 4.69) is 25.6 Å². The van der Waals surface area contributed by atoms with Gasteiger partial charge >= 0.3 is 0 Å². The van der Waals surface area contributed by atoms with Gasteiger partial charge in [0.05, 0.1) is 5.69 Å². The van der Waals surface area contributed by atoms with Gasteiger partial charge in [-0.1, -0.05) is 76.8 Å². The summed E-state index contributed by atoms with van der Waals surface area (Å²) in [5.74, 6) is 3.90. The lowest BCUT2D eigenvalue weighted by molar-refractivity contribution is 0.474. The molecule has 0 heterocycles. The molecule has 0 saturated heterocycles. The van der Waals surface area contributed by atoms with Crippen LogP contribution >= 0.6 is 0 Å². The van der Waals surface area contributed by atoms with Crippen molar-refractivity contribution in [3.05, 3.63) is 102 Å². The van der Waals surface area contributed by atoms with Gasteiger partial charge in [0.15, 0.2) is 0 Å². The maximum absolute atomic E-state index is 11.8. The smallest absolute Gasteiger partial charge is 0.147 e. The van der Waals surface area contributed by atoms with Crippen molar-refractivity contribution in [2.75, 3.05) is 23.9 Å². The van der Waals surface area contributed by atoms with Crippen LogP contribution in [-0.2, 0) is 15.9 Å². The molecule has 0 aliphatic carbocycles. The minimum Gasteiger partial charge on any atom is -0.505 e. The van der Waals surface area contributed by atoms with E-state index in [1.165, 1.54) is 0 Å². The Bertz CT molecular complexity index is 1360. The first kappa shape index (κ1) is 36.3. The van der Waals surface area contributed by atoms with Crippen LogP contribution in [0.25, 0.3) is 12.2 Å². The van der Waals surface area contributed by atoms with Crippen LogP contribution in [0, 0.1) is 6.92 Å². The molecule has 0 radical (unpaired) electrons. The predicted molar refractivity (Wildman–Crippen MR) is 184 cm³/mol. The fourth-order valence-electron chi connectivity index (χ4n) is 3.77. The van der Waals surface area contributed by atoms with Crippen LogP contribution in [0.3, 0.4) is 0 Å². The summed E-state index contributed by atoms with van der Waals surface area (Å²) in [4.78, 5) is 2.72. The Labute approximate surface area is 244 Å². The zero-order valence-corrected chi connectivity index (χ0v) is 26.7. The zero-order valence-electron chi connectivity index (χ0n) is 25.9. The number of hydrogen-bond donors (Lipinski definition) is 2. The topological polar surface area (TPSA) is 66.6 Å². The number of aromatic hydroxyl groups is 1. The van der Waals surface area contributed by atoms with Gasteiger partial charge in [-0.25, -0.2) is 0 Å². The van der Waals surface area contributed by atoms with Crippen LogP contribution < -0.4 is 10.6 Å². The summed E-state index contributed by atoms with van der Waals surface area (Å²) >= 11 is 0. The molecule has 0 fully saturated rings. The fraction of sp³-hybridized carbons (Fsp3) is 0.286. The van der Waals surface area contributed by atoms with Crippen molar-refractivity contribution in [2.24, 2.45) is 0 Å². The number of allylic oxidation sites excluding steroid dienone is 1. The standard InChI is InChI=1S/C18H19NO.C13H19NOS.2C2H6/c1-5-15-13(3)12-17(18(20)16(15)6-2)19(4)14-10-8-7-9-11-14;1-10(2)5-6-11-9-12(16(3,4)15)7-8-13(11)14;2*1-2/h5-12,20H,1-2H2,3-4H3;7-9H,1,3,5-6,14H2,2,4H3;2*1-2H3. The first-order valence-corrected chi connectivity index (χ1v) is 15.8. The summed E-state index contributed by atoms with van der Waals surface area (Å²) < 4.78 is 11.8. The van der Waals surface area contributed by atoms with Gasteiger partial charge in [-0.3, -0.25) is 4.21 Å². The Morgan fingerprint density at radius 2 is 1.55 bits per heavy atom.